The smallest absolute Gasteiger partial charge is 0.223 e. The van der Waals surface area contributed by atoms with Crippen molar-refractivity contribution in [1.29, 1.82) is 0 Å². The van der Waals surface area contributed by atoms with Gasteiger partial charge in [-0.3, -0.25) is 9.79 Å². The van der Waals surface area contributed by atoms with Crippen LogP contribution >= 0.6 is 0 Å². The maximum atomic E-state index is 12.3. The highest BCUT2D eigenvalue weighted by atomic mass is 32.2. The van der Waals surface area contributed by atoms with Gasteiger partial charge in [0.25, 0.3) is 0 Å². The van der Waals surface area contributed by atoms with Gasteiger partial charge in [0.05, 0.1) is 11.3 Å². The van der Waals surface area contributed by atoms with Gasteiger partial charge < -0.3 is 15.5 Å². The minimum atomic E-state index is -3.20. The molecule has 1 aromatic carbocycles. The molecule has 162 valence electrons. The van der Waals surface area contributed by atoms with E-state index in [2.05, 4.69) is 27.8 Å². The Morgan fingerprint density at radius 3 is 2.55 bits per heavy atom. The van der Waals surface area contributed by atoms with Gasteiger partial charge in [0.2, 0.25) is 5.91 Å². The second-order valence-electron chi connectivity index (χ2n) is 8.25. The van der Waals surface area contributed by atoms with E-state index in [-0.39, 0.29) is 18.4 Å². The topological polar surface area (TPSA) is 90.9 Å². The Morgan fingerprint density at radius 1 is 1.24 bits per heavy atom. The summed E-state index contributed by atoms with van der Waals surface area (Å²) in [6.07, 6.45) is 2.62. The number of amides is 1. The first-order valence-electron chi connectivity index (χ1n) is 10.2. The molecule has 1 saturated heterocycles. The highest BCUT2D eigenvalue weighted by molar-refractivity contribution is 7.92. The van der Waals surface area contributed by atoms with Crippen LogP contribution in [0.1, 0.15) is 32.8 Å². The molecule has 1 aliphatic rings. The Bertz CT molecular complexity index is 806. The van der Waals surface area contributed by atoms with E-state index < -0.39 is 14.6 Å². The molecule has 1 fully saturated rings. The fourth-order valence-corrected chi connectivity index (χ4v) is 3.38. The molecule has 1 amide bonds. The van der Waals surface area contributed by atoms with Crippen LogP contribution in [0.2, 0.25) is 0 Å². The lowest BCUT2D eigenvalue weighted by Gasteiger charge is -2.21. The van der Waals surface area contributed by atoms with E-state index in [0.29, 0.717) is 25.5 Å². The van der Waals surface area contributed by atoms with Crippen LogP contribution in [-0.2, 0) is 21.1 Å². The number of carbonyl (C=O) groups is 1. The van der Waals surface area contributed by atoms with E-state index in [4.69, 9.17) is 0 Å². The van der Waals surface area contributed by atoms with Crippen LogP contribution in [-0.4, -0.2) is 68.9 Å². The minimum Gasteiger partial charge on any atom is -0.357 e. The summed E-state index contributed by atoms with van der Waals surface area (Å²) in [7, 11) is -3.20. The number of aliphatic imine (C=N–C) groups is 1. The van der Waals surface area contributed by atoms with Crippen molar-refractivity contribution < 1.29 is 13.2 Å². The molecule has 7 nitrogen and oxygen atoms in total. The molecule has 0 aliphatic carbocycles. The molecule has 0 radical (unpaired) electrons. The van der Waals surface area contributed by atoms with Gasteiger partial charge in [0.15, 0.2) is 15.8 Å². The molecule has 0 bridgehead atoms. The Labute approximate surface area is 174 Å². The number of sulfone groups is 1. The Morgan fingerprint density at radius 2 is 1.93 bits per heavy atom. The van der Waals surface area contributed by atoms with Gasteiger partial charge in [-0.15, -0.1) is 0 Å². The predicted molar refractivity (Wildman–Crippen MR) is 118 cm³/mol. The Kier molecular flexibility index (Phi) is 8.07. The van der Waals surface area contributed by atoms with Crippen molar-refractivity contribution in [3.8, 4) is 0 Å². The fraction of sp³-hybridized carbons (Fsp3) is 0.619. The normalized spacial score (nSPS) is 18.2. The molecule has 0 saturated carbocycles. The van der Waals surface area contributed by atoms with Crippen LogP contribution in [0.5, 0.6) is 0 Å². The van der Waals surface area contributed by atoms with Gasteiger partial charge in [-0.05, 0) is 32.8 Å². The quantitative estimate of drug-likeness (QED) is 0.464. The number of nitrogens with zero attached hydrogens (tertiary/aromatic N) is 2. The van der Waals surface area contributed by atoms with Crippen molar-refractivity contribution in [2.75, 3.05) is 39.0 Å². The summed E-state index contributed by atoms with van der Waals surface area (Å²) in [6.45, 7) is 8.25. The van der Waals surface area contributed by atoms with E-state index in [9.17, 15) is 13.2 Å². The molecule has 0 aromatic heterocycles. The monoisotopic (exact) mass is 422 g/mol. The number of guanidine groups is 1. The molecular weight excluding hydrogens is 388 g/mol. The van der Waals surface area contributed by atoms with Crippen molar-refractivity contribution in [2.45, 2.75) is 38.4 Å². The maximum absolute atomic E-state index is 12.3. The number of likely N-dealkylation sites (tertiary alicyclic amines) is 1. The fourth-order valence-electron chi connectivity index (χ4n) is 3.08. The van der Waals surface area contributed by atoms with Crippen molar-refractivity contribution in [1.82, 2.24) is 15.5 Å². The van der Waals surface area contributed by atoms with Gasteiger partial charge in [-0.25, -0.2) is 8.42 Å². The second-order valence-corrected chi connectivity index (χ2v) is 10.9. The zero-order valence-electron chi connectivity index (χ0n) is 17.9. The second kappa shape index (κ2) is 10.1. The van der Waals surface area contributed by atoms with E-state index in [1.165, 1.54) is 11.8 Å². The molecular formula is C21H34N4O3S. The first-order chi connectivity index (χ1) is 13.6. The molecule has 1 heterocycles. The van der Waals surface area contributed by atoms with Gasteiger partial charge in [-0.2, -0.15) is 0 Å². The van der Waals surface area contributed by atoms with Gasteiger partial charge in [-0.1, -0.05) is 30.3 Å². The van der Waals surface area contributed by atoms with Crippen molar-refractivity contribution in [2.24, 2.45) is 10.9 Å². The van der Waals surface area contributed by atoms with Crippen molar-refractivity contribution in [3.05, 3.63) is 35.9 Å². The average Bonchev–Trinajstić information content (AvgIpc) is 3.02. The van der Waals surface area contributed by atoms with Gasteiger partial charge >= 0.3 is 0 Å². The molecule has 29 heavy (non-hydrogen) atoms. The number of hydrogen-bond donors (Lipinski definition) is 2. The molecule has 1 aliphatic heterocycles. The highest BCUT2D eigenvalue weighted by Gasteiger charge is 2.31. The van der Waals surface area contributed by atoms with Crippen molar-refractivity contribution >= 4 is 21.7 Å². The molecule has 1 aromatic rings. The number of nitrogens with one attached hydrogen (secondary N) is 2. The maximum Gasteiger partial charge on any atom is 0.223 e. The summed E-state index contributed by atoms with van der Waals surface area (Å²) in [4.78, 5) is 18.7. The summed E-state index contributed by atoms with van der Waals surface area (Å²) >= 11 is 0. The van der Waals surface area contributed by atoms with E-state index in [1.807, 2.05) is 30.0 Å². The predicted octanol–water partition coefficient (Wildman–Crippen LogP) is 1.46. The lowest BCUT2D eigenvalue weighted by atomic mass is 10.1. The van der Waals surface area contributed by atoms with Crippen LogP contribution in [0.15, 0.2) is 35.3 Å². The Hall–Kier alpha value is -2.09. The summed E-state index contributed by atoms with van der Waals surface area (Å²) in [5, 5.41) is 6.41. The highest BCUT2D eigenvalue weighted by Crippen LogP contribution is 2.18. The third-order valence-electron chi connectivity index (χ3n) is 5.33. The van der Waals surface area contributed by atoms with Gasteiger partial charge in [0, 0.05) is 44.8 Å². The van der Waals surface area contributed by atoms with Crippen LogP contribution in [0, 0.1) is 5.92 Å². The van der Waals surface area contributed by atoms with Crippen LogP contribution in [0.4, 0.5) is 0 Å². The summed E-state index contributed by atoms with van der Waals surface area (Å²) in [5.41, 5.74) is 1.23. The first-order valence-corrected chi connectivity index (χ1v) is 12.0. The molecule has 2 rings (SSSR count). The van der Waals surface area contributed by atoms with Crippen LogP contribution in [0.25, 0.3) is 0 Å². The van der Waals surface area contributed by atoms with Crippen LogP contribution in [0.3, 0.4) is 0 Å². The third kappa shape index (κ3) is 7.03. The van der Waals surface area contributed by atoms with Gasteiger partial charge in [0.1, 0.15) is 0 Å². The summed E-state index contributed by atoms with van der Waals surface area (Å²) in [5.74, 6) is 0.984. The third-order valence-corrected chi connectivity index (χ3v) is 7.47. The number of hydrogen-bond acceptors (Lipinski definition) is 4. The number of benzene rings is 1. The molecule has 1 atom stereocenters. The number of rotatable bonds is 9. The summed E-state index contributed by atoms with van der Waals surface area (Å²) in [6, 6.07) is 10.2. The Balaban J connectivity index is 1.86. The molecule has 0 spiro atoms. The standard InChI is InChI=1S/C21H34N4O3S/c1-5-22-20(24-16-21(2,3)29(4,27)28)23-14-18-13-19(26)25(15-18)12-11-17-9-7-6-8-10-17/h6-10,18H,5,11-16H2,1-4H3,(H2,22,23,24). The molecule has 8 heteroatoms. The SMILES string of the molecule is CCNC(=NCC(C)(C)S(C)(=O)=O)NCC1CC(=O)N(CCc2ccccc2)C1. The first kappa shape index (κ1) is 23.2. The van der Waals surface area contributed by atoms with E-state index in [1.54, 1.807) is 13.8 Å². The van der Waals surface area contributed by atoms with E-state index in [0.717, 1.165) is 19.5 Å². The summed E-state index contributed by atoms with van der Waals surface area (Å²) < 4.78 is 22.8. The minimum absolute atomic E-state index is 0.175. The molecule has 1 unspecified atom stereocenters. The lowest BCUT2D eigenvalue weighted by Crippen LogP contribution is -2.42. The van der Waals surface area contributed by atoms with Crippen molar-refractivity contribution in [3.63, 3.8) is 0 Å². The van der Waals surface area contributed by atoms with Crippen LogP contribution < -0.4 is 10.6 Å². The zero-order valence-corrected chi connectivity index (χ0v) is 18.8. The largest absolute Gasteiger partial charge is 0.357 e. The average molecular weight is 423 g/mol. The van der Waals surface area contributed by atoms with E-state index >= 15 is 0 Å². The zero-order chi connectivity index (χ0) is 21.5. The molecule has 2 N–H and O–H groups in total. The lowest BCUT2D eigenvalue weighted by molar-refractivity contribution is -0.127. The number of carbonyl (C=O) groups excluding carboxylic acids is 1.